The molecule has 0 bridgehead atoms. The molecule has 2 fully saturated rings. The molecule has 5 nitrogen and oxygen atoms in total. The van der Waals surface area contributed by atoms with Gasteiger partial charge in [0.25, 0.3) is 0 Å². The summed E-state index contributed by atoms with van der Waals surface area (Å²) >= 11 is 1.50. The van der Waals surface area contributed by atoms with Gasteiger partial charge in [-0.3, -0.25) is 5.32 Å². The van der Waals surface area contributed by atoms with Crippen LogP contribution in [0.4, 0.5) is 9.80 Å². The topological polar surface area (TPSA) is 59.6 Å². The van der Waals surface area contributed by atoms with Crippen molar-refractivity contribution < 1.29 is 14.3 Å². The summed E-state index contributed by atoms with van der Waals surface area (Å²) in [7, 11) is 0. The molecule has 6 heteroatoms. The summed E-state index contributed by atoms with van der Waals surface area (Å²) < 4.78 is 11.9. The number of anilines is 1. The fraction of sp³-hybridized carbons (Fsp3) is 0.643. The highest BCUT2D eigenvalue weighted by Crippen LogP contribution is 2.37. The number of thiophene rings is 1. The second kappa shape index (κ2) is 6.11. The van der Waals surface area contributed by atoms with Crippen molar-refractivity contribution in [3.63, 3.8) is 0 Å². The maximum absolute atomic E-state index is 11.7. The van der Waals surface area contributed by atoms with Crippen LogP contribution in [0.5, 0.6) is 0 Å². The van der Waals surface area contributed by atoms with Crippen molar-refractivity contribution in [3.05, 3.63) is 17.5 Å². The predicted octanol–water partition coefficient (Wildman–Crippen LogP) is 2.95. The van der Waals surface area contributed by atoms with Crippen molar-refractivity contribution in [2.75, 3.05) is 18.5 Å². The molecule has 1 atom stereocenters. The predicted molar refractivity (Wildman–Crippen MR) is 78.0 cm³/mol. The van der Waals surface area contributed by atoms with E-state index in [1.807, 2.05) is 17.5 Å². The molecule has 2 N–H and O–H groups in total. The molecule has 1 aromatic rings. The molecule has 2 heterocycles. The largest absolute Gasteiger partial charge is 0.347 e. The minimum Gasteiger partial charge on any atom is -0.347 e. The van der Waals surface area contributed by atoms with E-state index in [9.17, 15) is 4.79 Å². The van der Waals surface area contributed by atoms with E-state index in [0.29, 0.717) is 13.2 Å². The summed E-state index contributed by atoms with van der Waals surface area (Å²) in [6, 6.07) is 3.58. The Labute approximate surface area is 122 Å². The molecule has 110 valence electrons. The van der Waals surface area contributed by atoms with Crippen molar-refractivity contribution in [1.82, 2.24) is 5.32 Å². The fourth-order valence-corrected chi connectivity index (χ4v) is 3.39. The first-order chi connectivity index (χ1) is 9.76. The van der Waals surface area contributed by atoms with Crippen LogP contribution in [-0.2, 0) is 9.47 Å². The highest BCUT2D eigenvalue weighted by atomic mass is 32.1. The van der Waals surface area contributed by atoms with E-state index in [0.717, 1.165) is 17.8 Å². The molecule has 2 amide bonds. The zero-order chi connectivity index (χ0) is 13.8. The molecule has 0 radical (unpaired) electrons. The van der Waals surface area contributed by atoms with Gasteiger partial charge in [0, 0.05) is 19.4 Å². The lowest BCUT2D eigenvalue weighted by Gasteiger charge is -2.31. The van der Waals surface area contributed by atoms with Gasteiger partial charge in [-0.25, -0.2) is 4.79 Å². The van der Waals surface area contributed by atoms with Crippen LogP contribution < -0.4 is 10.6 Å². The number of hydrogen-bond acceptors (Lipinski definition) is 4. The normalized spacial score (nSPS) is 24.7. The first kappa shape index (κ1) is 13.9. The first-order valence-electron chi connectivity index (χ1n) is 7.16. The summed E-state index contributed by atoms with van der Waals surface area (Å²) in [4.78, 5) is 11.7. The van der Waals surface area contributed by atoms with Gasteiger partial charge in [0.2, 0.25) is 0 Å². The van der Waals surface area contributed by atoms with Crippen molar-refractivity contribution in [1.29, 1.82) is 0 Å². The van der Waals surface area contributed by atoms with E-state index in [2.05, 4.69) is 10.6 Å². The third-order valence-corrected chi connectivity index (χ3v) is 4.56. The molecule has 3 rings (SSSR count). The average molecular weight is 296 g/mol. The Balaban J connectivity index is 1.42. The number of carbonyl (C=O) groups is 1. The van der Waals surface area contributed by atoms with Gasteiger partial charge in [-0.15, -0.1) is 11.3 Å². The van der Waals surface area contributed by atoms with E-state index in [4.69, 9.17) is 9.47 Å². The molecule has 20 heavy (non-hydrogen) atoms. The van der Waals surface area contributed by atoms with Crippen molar-refractivity contribution in [2.24, 2.45) is 0 Å². The standard InChI is InChI=1S/C14H20N2O3S/c17-13(16-12-5-4-8-20-12)15-9-11-10-18-14(19-11)6-2-1-3-7-14/h4-5,8,11H,1-3,6-7,9-10H2,(H2,15,16,17)/t11-/m1/s1. The quantitative estimate of drug-likeness (QED) is 0.901. The van der Waals surface area contributed by atoms with Gasteiger partial charge < -0.3 is 14.8 Å². The molecule has 1 spiro atoms. The number of amides is 2. The smallest absolute Gasteiger partial charge is 0.319 e. The highest BCUT2D eigenvalue weighted by molar-refractivity contribution is 7.14. The molecular formula is C14H20N2O3S. The molecule has 0 aromatic carbocycles. The van der Waals surface area contributed by atoms with Crippen LogP contribution in [0.1, 0.15) is 32.1 Å². The number of carbonyl (C=O) groups excluding carboxylic acids is 1. The number of urea groups is 1. The number of hydrogen-bond donors (Lipinski definition) is 2. The molecule has 1 saturated heterocycles. The molecule has 2 aliphatic rings. The molecule has 1 aliphatic heterocycles. The van der Waals surface area contributed by atoms with Crippen LogP contribution >= 0.6 is 11.3 Å². The Bertz CT molecular complexity index is 443. The highest BCUT2D eigenvalue weighted by Gasteiger charge is 2.42. The Morgan fingerprint density at radius 1 is 1.40 bits per heavy atom. The van der Waals surface area contributed by atoms with Gasteiger partial charge in [-0.2, -0.15) is 0 Å². The minimum atomic E-state index is -0.366. The van der Waals surface area contributed by atoms with Crippen LogP contribution in [-0.4, -0.2) is 31.1 Å². The maximum atomic E-state index is 11.7. The Morgan fingerprint density at radius 2 is 2.25 bits per heavy atom. The van der Waals surface area contributed by atoms with E-state index in [-0.39, 0.29) is 17.9 Å². The molecule has 1 aromatic heterocycles. The minimum absolute atomic E-state index is 0.0396. The van der Waals surface area contributed by atoms with Crippen LogP contribution in [0.25, 0.3) is 0 Å². The summed E-state index contributed by atoms with van der Waals surface area (Å²) in [5.41, 5.74) is 0. The zero-order valence-electron chi connectivity index (χ0n) is 11.4. The van der Waals surface area contributed by atoms with Gasteiger partial charge in [-0.05, 0) is 30.4 Å². The number of rotatable bonds is 3. The maximum Gasteiger partial charge on any atom is 0.319 e. The summed E-state index contributed by atoms with van der Waals surface area (Å²) in [5, 5.41) is 8.39. The first-order valence-corrected chi connectivity index (χ1v) is 8.04. The lowest BCUT2D eigenvalue weighted by atomic mass is 9.94. The monoisotopic (exact) mass is 296 g/mol. The molecule has 1 saturated carbocycles. The van der Waals surface area contributed by atoms with Crippen LogP contribution in [0.2, 0.25) is 0 Å². The third-order valence-electron chi connectivity index (χ3n) is 3.78. The summed E-state index contributed by atoms with van der Waals surface area (Å²) in [5.74, 6) is -0.366. The van der Waals surface area contributed by atoms with Gasteiger partial charge >= 0.3 is 6.03 Å². The summed E-state index contributed by atoms with van der Waals surface area (Å²) in [6.07, 6.45) is 5.51. The van der Waals surface area contributed by atoms with E-state index >= 15 is 0 Å². The molecular weight excluding hydrogens is 276 g/mol. The lowest BCUT2D eigenvalue weighted by molar-refractivity contribution is -0.186. The zero-order valence-corrected chi connectivity index (χ0v) is 12.2. The Hall–Kier alpha value is -1.11. The van der Waals surface area contributed by atoms with E-state index in [1.165, 1.54) is 30.6 Å². The van der Waals surface area contributed by atoms with Gasteiger partial charge in [0.1, 0.15) is 6.10 Å². The fourth-order valence-electron chi connectivity index (χ4n) is 2.78. The molecule has 1 aliphatic carbocycles. The average Bonchev–Trinajstić information content (AvgIpc) is 3.08. The van der Waals surface area contributed by atoms with Crippen molar-refractivity contribution in [3.8, 4) is 0 Å². The Kier molecular flexibility index (Phi) is 4.24. The van der Waals surface area contributed by atoms with E-state index < -0.39 is 0 Å². The van der Waals surface area contributed by atoms with Crippen LogP contribution in [0, 0.1) is 0 Å². The number of ether oxygens (including phenoxy) is 2. The van der Waals surface area contributed by atoms with Gasteiger partial charge in [-0.1, -0.05) is 6.42 Å². The van der Waals surface area contributed by atoms with Crippen molar-refractivity contribution >= 4 is 22.4 Å². The number of nitrogens with one attached hydrogen (secondary N) is 2. The van der Waals surface area contributed by atoms with Crippen molar-refractivity contribution in [2.45, 2.75) is 44.0 Å². The SMILES string of the molecule is O=C(NC[C@@H]1COC2(CCCCC2)O1)Nc1cccs1. The van der Waals surface area contributed by atoms with E-state index in [1.54, 1.807) is 0 Å². The second-order valence-corrected chi connectivity index (χ2v) is 6.28. The van der Waals surface area contributed by atoms with Gasteiger partial charge in [0.15, 0.2) is 5.79 Å². The Morgan fingerprint density at radius 3 is 3.00 bits per heavy atom. The van der Waals surface area contributed by atoms with Gasteiger partial charge in [0.05, 0.1) is 11.6 Å². The summed E-state index contributed by atoms with van der Waals surface area (Å²) in [6.45, 7) is 1.05. The van der Waals surface area contributed by atoms with Crippen LogP contribution in [0.3, 0.4) is 0 Å². The lowest BCUT2D eigenvalue weighted by Crippen LogP contribution is -2.38. The third kappa shape index (κ3) is 3.31. The molecule has 0 unspecified atom stereocenters. The second-order valence-electron chi connectivity index (χ2n) is 5.33. The van der Waals surface area contributed by atoms with Crippen LogP contribution in [0.15, 0.2) is 17.5 Å².